The maximum atomic E-state index is 12.0. The van der Waals surface area contributed by atoms with E-state index in [0.717, 1.165) is 5.56 Å². The van der Waals surface area contributed by atoms with Crippen LogP contribution >= 0.6 is 0 Å². The Morgan fingerprint density at radius 1 is 0.957 bits per heavy atom. The Morgan fingerprint density at radius 2 is 1.70 bits per heavy atom. The summed E-state index contributed by atoms with van der Waals surface area (Å²) in [6.45, 7) is 3.89. The number of hydrogen-bond acceptors (Lipinski definition) is 3. The number of urea groups is 1. The lowest BCUT2D eigenvalue weighted by Gasteiger charge is -2.12. The Morgan fingerprint density at radius 3 is 2.39 bits per heavy atom. The van der Waals surface area contributed by atoms with Crippen LogP contribution < -0.4 is 16.0 Å². The number of anilines is 3. The first kappa shape index (κ1) is 16.4. The molecule has 0 aliphatic rings. The van der Waals surface area contributed by atoms with Gasteiger partial charge in [0.1, 0.15) is 0 Å². The summed E-state index contributed by atoms with van der Waals surface area (Å²) >= 11 is 0. The predicted octanol–water partition coefficient (Wildman–Crippen LogP) is 4.21. The van der Waals surface area contributed by atoms with E-state index in [2.05, 4.69) is 16.0 Å². The van der Waals surface area contributed by atoms with Gasteiger partial charge in [0.2, 0.25) is 0 Å². The van der Waals surface area contributed by atoms with Gasteiger partial charge in [0.05, 0.1) is 6.61 Å². The zero-order valence-electron chi connectivity index (χ0n) is 13.1. The maximum absolute atomic E-state index is 12.0. The number of aryl methyl sites for hydroxylation is 1. The summed E-state index contributed by atoms with van der Waals surface area (Å²) in [7, 11) is 0. The highest BCUT2D eigenvalue weighted by molar-refractivity contribution is 6.00. The number of nitrogens with one attached hydrogen (secondary N) is 3. The standard InChI is InChI=1S/C17H19N3O3/c1-3-23-17(22)19-14-10-9-12(2)15(11-14)20-16(21)18-13-7-5-4-6-8-13/h4-11H,3H2,1-2H3,(H,19,22)(H2,18,20,21). The van der Waals surface area contributed by atoms with E-state index in [-0.39, 0.29) is 6.03 Å². The van der Waals surface area contributed by atoms with E-state index in [1.54, 1.807) is 37.3 Å². The van der Waals surface area contributed by atoms with E-state index in [1.807, 2.05) is 25.1 Å². The molecule has 0 fully saturated rings. The lowest BCUT2D eigenvalue weighted by molar-refractivity contribution is 0.168. The number of ether oxygens (including phenoxy) is 1. The second-order valence-electron chi connectivity index (χ2n) is 4.82. The fourth-order valence-corrected chi connectivity index (χ4v) is 1.93. The molecule has 0 aliphatic heterocycles. The third kappa shape index (κ3) is 5.03. The number of carbonyl (C=O) groups is 2. The fourth-order valence-electron chi connectivity index (χ4n) is 1.93. The van der Waals surface area contributed by atoms with Crippen molar-refractivity contribution in [2.24, 2.45) is 0 Å². The first-order valence-corrected chi connectivity index (χ1v) is 7.26. The van der Waals surface area contributed by atoms with E-state index in [0.29, 0.717) is 23.7 Å². The van der Waals surface area contributed by atoms with E-state index < -0.39 is 6.09 Å². The number of hydrogen-bond donors (Lipinski definition) is 3. The van der Waals surface area contributed by atoms with E-state index in [4.69, 9.17) is 4.74 Å². The molecule has 0 unspecified atom stereocenters. The largest absolute Gasteiger partial charge is 0.450 e. The van der Waals surface area contributed by atoms with Gasteiger partial charge >= 0.3 is 12.1 Å². The van der Waals surface area contributed by atoms with Gasteiger partial charge in [-0.15, -0.1) is 0 Å². The van der Waals surface area contributed by atoms with Gasteiger partial charge in [0, 0.05) is 17.1 Å². The molecule has 23 heavy (non-hydrogen) atoms. The van der Waals surface area contributed by atoms with E-state index in [9.17, 15) is 9.59 Å². The summed E-state index contributed by atoms with van der Waals surface area (Å²) in [6.07, 6.45) is -0.531. The molecule has 0 radical (unpaired) electrons. The second-order valence-corrected chi connectivity index (χ2v) is 4.82. The molecule has 0 saturated carbocycles. The van der Waals surface area contributed by atoms with Gasteiger partial charge in [-0.25, -0.2) is 9.59 Å². The third-order valence-electron chi connectivity index (χ3n) is 3.04. The van der Waals surface area contributed by atoms with Gasteiger partial charge in [0.25, 0.3) is 0 Å². The monoisotopic (exact) mass is 313 g/mol. The average Bonchev–Trinajstić information content (AvgIpc) is 2.52. The lowest BCUT2D eigenvalue weighted by atomic mass is 10.2. The summed E-state index contributed by atoms with van der Waals surface area (Å²) in [5, 5.41) is 8.10. The minimum Gasteiger partial charge on any atom is -0.450 e. The normalized spacial score (nSPS) is 9.83. The molecule has 0 spiro atoms. The molecule has 0 heterocycles. The molecule has 3 N–H and O–H groups in total. The molecule has 0 bridgehead atoms. The fraction of sp³-hybridized carbons (Fsp3) is 0.176. The number of rotatable bonds is 4. The number of carbonyl (C=O) groups excluding carboxylic acids is 2. The highest BCUT2D eigenvalue weighted by Gasteiger charge is 2.08. The molecule has 0 atom stereocenters. The zero-order valence-corrected chi connectivity index (χ0v) is 13.1. The summed E-state index contributed by atoms with van der Waals surface area (Å²) in [5.74, 6) is 0. The van der Waals surface area contributed by atoms with Crippen LogP contribution in [0.1, 0.15) is 12.5 Å². The van der Waals surface area contributed by atoms with Gasteiger partial charge in [0.15, 0.2) is 0 Å². The van der Waals surface area contributed by atoms with Crippen LogP contribution in [0.4, 0.5) is 26.7 Å². The van der Waals surface area contributed by atoms with Crippen LogP contribution in [0.15, 0.2) is 48.5 Å². The first-order valence-electron chi connectivity index (χ1n) is 7.26. The van der Waals surface area contributed by atoms with Crippen molar-refractivity contribution in [2.75, 3.05) is 22.6 Å². The minimum atomic E-state index is -0.531. The minimum absolute atomic E-state index is 0.294. The van der Waals surface area contributed by atoms with Crippen LogP contribution in [0.25, 0.3) is 0 Å². The number of amides is 3. The molecule has 0 aromatic heterocycles. The van der Waals surface area contributed by atoms with Crippen LogP contribution in [0.2, 0.25) is 0 Å². The molecule has 2 aromatic rings. The van der Waals surface area contributed by atoms with Crippen molar-refractivity contribution in [3.05, 3.63) is 54.1 Å². The summed E-state index contributed by atoms with van der Waals surface area (Å²) < 4.78 is 4.83. The lowest BCUT2D eigenvalue weighted by Crippen LogP contribution is -2.20. The molecule has 3 amide bonds. The Balaban J connectivity index is 2.03. The van der Waals surface area contributed by atoms with Gasteiger partial charge in [-0.1, -0.05) is 24.3 Å². The third-order valence-corrected chi connectivity index (χ3v) is 3.04. The van der Waals surface area contributed by atoms with Crippen molar-refractivity contribution in [1.29, 1.82) is 0 Å². The van der Waals surface area contributed by atoms with Crippen LogP contribution in [0.5, 0.6) is 0 Å². The molecule has 6 nitrogen and oxygen atoms in total. The van der Waals surface area contributed by atoms with Gasteiger partial charge in [-0.05, 0) is 43.7 Å². The molecule has 120 valence electrons. The van der Waals surface area contributed by atoms with Crippen molar-refractivity contribution in [3.8, 4) is 0 Å². The van der Waals surface area contributed by atoms with Gasteiger partial charge in [-0.3, -0.25) is 5.32 Å². The van der Waals surface area contributed by atoms with E-state index >= 15 is 0 Å². The molecule has 2 rings (SSSR count). The molecule has 0 aliphatic carbocycles. The topological polar surface area (TPSA) is 79.5 Å². The van der Waals surface area contributed by atoms with Gasteiger partial charge < -0.3 is 15.4 Å². The first-order chi connectivity index (χ1) is 11.1. The van der Waals surface area contributed by atoms with Crippen molar-refractivity contribution in [2.45, 2.75) is 13.8 Å². The van der Waals surface area contributed by atoms with Gasteiger partial charge in [-0.2, -0.15) is 0 Å². The Kier molecular flexibility index (Phi) is 5.57. The van der Waals surface area contributed by atoms with Crippen LogP contribution in [-0.2, 0) is 4.74 Å². The molecular formula is C17H19N3O3. The number of benzene rings is 2. The summed E-state index contributed by atoms with van der Waals surface area (Å²) in [5.41, 5.74) is 2.72. The van der Waals surface area contributed by atoms with Crippen LogP contribution in [-0.4, -0.2) is 18.7 Å². The Labute approximate surface area is 134 Å². The zero-order chi connectivity index (χ0) is 16.7. The van der Waals surface area contributed by atoms with Crippen LogP contribution in [0, 0.1) is 6.92 Å². The predicted molar refractivity (Wildman–Crippen MR) is 90.9 cm³/mol. The van der Waals surface area contributed by atoms with Crippen LogP contribution in [0.3, 0.4) is 0 Å². The average molecular weight is 313 g/mol. The molecule has 6 heteroatoms. The van der Waals surface area contributed by atoms with Crippen molar-refractivity contribution in [3.63, 3.8) is 0 Å². The SMILES string of the molecule is CCOC(=O)Nc1ccc(C)c(NC(=O)Nc2ccccc2)c1. The Hall–Kier alpha value is -3.02. The smallest absolute Gasteiger partial charge is 0.411 e. The molecule has 0 saturated heterocycles. The summed E-state index contributed by atoms with van der Waals surface area (Å²) in [6, 6.07) is 14.0. The molecule has 2 aromatic carbocycles. The Bertz CT molecular complexity index is 687. The quantitative estimate of drug-likeness (QED) is 0.791. The highest BCUT2D eigenvalue weighted by Crippen LogP contribution is 2.21. The van der Waals surface area contributed by atoms with Crippen molar-refractivity contribution < 1.29 is 14.3 Å². The summed E-state index contributed by atoms with van der Waals surface area (Å²) in [4.78, 5) is 23.5. The molecular weight excluding hydrogens is 294 g/mol. The van der Waals surface area contributed by atoms with Crippen molar-refractivity contribution >= 4 is 29.2 Å². The van der Waals surface area contributed by atoms with Crippen molar-refractivity contribution in [1.82, 2.24) is 0 Å². The highest BCUT2D eigenvalue weighted by atomic mass is 16.5. The van der Waals surface area contributed by atoms with E-state index in [1.165, 1.54) is 0 Å². The second kappa shape index (κ2) is 7.84. The maximum Gasteiger partial charge on any atom is 0.411 e. The number of para-hydroxylation sites is 1.